The van der Waals surface area contributed by atoms with Crippen molar-refractivity contribution >= 4 is 40.0 Å². The molecule has 2 rings (SSSR count). The summed E-state index contributed by atoms with van der Waals surface area (Å²) < 4.78 is 1.12. The Balaban J connectivity index is 1.98. The van der Waals surface area contributed by atoms with Crippen molar-refractivity contribution < 1.29 is 10.0 Å². The van der Waals surface area contributed by atoms with Gasteiger partial charge in [0.1, 0.15) is 0 Å². The highest BCUT2D eigenvalue weighted by atomic mass is 127. The van der Waals surface area contributed by atoms with E-state index in [1.165, 1.54) is 0 Å². The molecule has 6 heteroatoms. The molecular weight excluding hydrogens is 381 g/mol. The second kappa shape index (κ2) is 7.07. The molecule has 0 unspecified atom stereocenters. The number of amides is 1. The molecule has 0 atom stereocenters. The minimum absolute atomic E-state index is 0.0462. The van der Waals surface area contributed by atoms with Crippen molar-refractivity contribution in [3.63, 3.8) is 0 Å². The maximum absolute atomic E-state index is 11.9. The molecule has 0 aromatic heterocycles. The number of nitrogens with one attached hydrogen (secondary N) is 1. The summed E-state index contributed by atoms with van der Waals surface area (Å²) >= 11 is 2.21. The number of halogens is 1. The number of amidine groups is 1. The van der Waals surface area contributed by atoms with Gasteiger partial charge in [-0.05, 0) is 52.4 Å². The average Bonchev–Trinajstić information content (AvgIpc) is 2.49. The van der Waals surface area contributed by atoms with E-state index in [1.54, 1.807) is 24.3 Å². The summed E-state index contributed by atoms with van der Waals surface area (Å²) in [6.07, 6.45) is 0.266. The molecule has 0 aliphatic carbocycles. The maximum Gasteiger partial charge on any atom is 0.228 e. The number of oxime groups is 1. The Kier molecular flexibility index (Phi) is 5.15. The number of nitrogens with two attached hydrogens (primary N) is 1. The summed E-state index contributed by atoms with van der Waals surface area (Å²) in [4.78, 5) is 11.9. The van der Waals surface area contributed by atoms with E-state index < -0.39 is 0 Å². The second-order valence-electron chi connectivity index (χ2n) is 4.41. The third-order valence-corrected chi connectivity index (χ3v) is 3.57. The number of hydrogen-bond donors (Lipinski definition) is 3. The van der Waals surface area contributed by atoms with E-state index in [-0.39, 0.29) is 18.2 Å². The number of carbonyl (C=O) groups excluding carboxylic acids is 1. The van der Waals surface area contributed by atoms with Gasteiger partial charge in [0.15, 0.2) is 5.84 Å². The lowest BCUT2D eigenvalue weighted by Crippen LogP contribution is -2.15. The van der Waals surface area contributed by atoms with Gasteiger partial charge in [-0.15, -0.1) is 0 Å². The molecule has 0 saturated carbocycles. The molecule has 2 aromatic carbocycles. The molecule has 2 aromatic rings. The van der Waals surface area contributed by atoms with Crippen molar-refractivity contribution in [2.45, 2.75) is 6.42 Å². The second-order valence-corrected chi connectivity index (χ2v) is 5.66. The van der Waals surface area contributed by atoms with Crippen LogP contribution < -0.4 is 11.1 Å². The van der Waals surface area contributed by atoms with Crippen LogP contribution in [0.2, 0.25) is 0 Å². The fourth-order valence-corrected chi connectivity index (χ4v) is 2.13. The molecule has 0 aliphatic rings. The number of rotatable bonds is 4. The van der Waals surface area contributed by atoms with Gasteiger partial charge in [0.25, 0.3) is 0 Å². The summed E-state index contributed by atoms with van der Waals surface area (Å²) in [5.74, 6) is -0.0438. The van der Waals surface area contributed by atoms with Crippen LogP contribution >= 0.6 is 22.6 Å². The highest BCUT2D eigenvalue weighted by Crippen LogP contribution is 2.12. The normalized spacial score (nSPS) is 11.2. The average molecular weight is 395 g/mol. The summed E-state index contributed by atoms with van der Waals surface area (Å²) in [6, 6.07) is 14.6. The lowest BCUT2D eigenvalue weighted by atomic mass is 10.1. The fraction of sp³-hybridized carbons (Fsp3) is 0.0667. The highest BCUT2D eigenvalue weighted by molar-refractivity contribution is 14.1. The lowest BCUT2D eigenvalue weighted by Gasteiger charge is -2.06. The number of hydrogen-bond acceptors (Lipinski definition) is 3. The predicted molar refractivity (Wildman–Crippen MR) is 90.4 cm³/mol. The molecule has 0 spiro atoms. The molecule has 108 valence electrons. The zero-order chi connectivity index (χ0) is 15.2. The Bertz CT molecular complexity index is 652. The third-order valence-electron chi connectivity index (χ3n) is 2.85. The third kappa shape index (κ3) is 4.45. The largest absolute Gasteiger partial charge is 0.409 e. The van der Waals surface area contributed by atoms with Crippen LogP contribution in [0.25, 0.3) is 0 Å². The van der Waals surface area contributed by atoms with Crippen molar-refractivity contribution in [1.82, 2.24) is 0 Å². The van der Waals surface area contributed by atoms with E-state index in [1.807, 2.05) is 24.3 Å². The molecular formula is C15H14IN3O2. The van der Waals surface area contributed by atoms with E-state index in [0.29, 0.717) is 5.56 Å². The van der Waals surface area contributed by atoms with E-state index in [0.717, 1.165) is 14.8 Å². The van der Waals surface area contributed by atoms with Gasteiger partial charge in [-0.1, -0.05) is 29.4 Å². The maximum atomic E-state index is 11.9. The first-order valence-corrected chi connectivity index (χ1v) is 7.28. The first kappa shape index (κ1) is 15.3. The Morgan fingerprint density at radius 3 is 2.33 bits per heavy atom. The van der Waals surface area contributed by atoms with Crippen molar-refractivity contribution in [2.75, 3.05) is 5.32 Å². The number of carbonyl (C=O) groups is 1. The topological polar surface area (TPSA) is 87.7 Å². The van der Waals surface area contributed by atoms with Crippen molar-refractivity contribution in [3.8, 4) is 0 Å². The monoisotopic (exact) mass is 395 g/mol. The van der Waals surface area contributed by atoms with E-state index >= 15 is 0 Å². The van der Waals surface area contributed by atoms with Crippen LogP contribution in [0, 0.1) is 3.57 Å². The Labute approximate surface area is 136 Å². The molecule has 0 fully saturated rings. The number of nitrogens with zero attached hydrogens (tertiary/aromatic N) is 1. The van der Waals surface area contributed by atoms with Gasteiger partial charge >= 0.3 is 0 Å². The molecule has 5 nitrogen and oxygen atoms in total. The fourth-order valence-electron chi connectivity index (χ4n) is 1.77. The van der Waals surface area contributed by atoms with Crippen molar-refractivity contribution in [1.29, 1.82) is 0 Å². The molecule has 4 N–H and O–H groups in total. The number of benzene rings is 2. The van der Waals surface area contributed by atoms with Crippen LogP contribution in [0.1, 0.15) is 11.1 Å². The molecule has 0 bridgehead atoms. The Hall–Kier alpha value is -2.09. The molecule has 0 saturated heterocycles. The van der Waals surface area contributed by atoms with Gasteiger partial charge in [0.2, 0.25) is 5.91 Å². The predicted octanol–water partition coefficient (Wildman–Crippen LogP) is 2.57. The number of anilines is 1. The van der Waals surface area contributed by atoms with E-state index in [9.17, 15) is 4.79 Å². The molecule has 0 aliphatic heterocycles. The lowest BCUT2D eigenvalue weighted by molar-refractivity contribution is -0.115. The zero-order valence-corrected chi connectivity index (χ0v) is 13.2. The van der Waals surface area contributed by atoms with Gasteiger partial charge in [0, 0.05) is 14.8 Å². The van der Waals surface area contributed by atoms with E-state index in [2.05, 4.69) is 33.1 Å². The minimum Gasteiger partial charge on any atom is -0.409 e. The summed E-state index contributed by atoms with van der Waals surface area (Å²) in [7, 11) is 0. The van der Waals surface area contributed by atoms with Crippen LogP contribution in [-0.4, -0.2) is 17.0 Å². The summed E-state index contributed by atoms with van der Waals surface area (Å²) in [5, 5.41) is 14.3. The highest BCUT2D eigenvalue weighted by Gasteiger charge is 2.05. The Morgan fingerprint density at radius 1 is 1.14 bits per heavy atom. The van der Waals surface area contributed by atoms with Crippen molar-refractivity contribution in [3.05, 3.63) is 63.2 Å². The van der Waals surface area contributed by atoms with Gasteiger partial charge < -0.3 is 16.3 Å². The first-order chi connectivity index (χ1) is 10.1. The molecule has 0 heterocycles. The SMILES string of the molecule is NC(=NO)c1ccc(CC(=O)Nc2ccc(I)cc2)cc1. The smallest absolute Gasteiger partial charge is 0.228 e. The van der Waals surface area contributed by atoms with Crippen LogP contribution in [0.3, 0.4) is 0 Å². The van der Waals surface area contributed by atoms with Crippen LogP contribution in [-0.2, 0) is 11.2 Å². The summed E-state index contributed by atoms with van der Waals surface area (Å²) in [5.41, 5.74) is 7.72. The molecule has 1 amide bonds. The van der Waals surface area contributed by atoms with Crippen LogP contribution in [0.4, 0.5) is 5.69 Å². The zero-order valence-electron chi connectivity index (χ0n) is 11.1. The van der Waals surface area contributed by atoms with Gasteiger partial charge in [-0.25, -0.2) is 0 Å². The summed E-state index contributed by atoms with van der Waals surface area (Å²) in [6.45, 7) is 0. The van der Waals surface area contributed by atoms with E-state index in [4.69, 9.17) is 10.9 Å². The first-order valence-electron chi connectivity index (χ1n) is 6.21. The van der Waals surface area contributed by atoms with Gasteiger partial charge in [-0.3, -0.25) is 4.79 Å². The van der Waals surface area contributed by atoms with Crippen molar-refractivity contribution in [2.24, 2.45) is 10.9 Å². The minimum atomic E-state index is -0.0900. The molecule has 0 radical (unpaired) electrons. The standard InChI is InChI=1S/C15H14IN3O2/c16-12-5-7-13(8-6-12)18-14(20)9-10-1-3-11(4-2-10)15(17)19-21/h1-8,21H,9H2,(H2,17,19)(H,18,20). The quantitative estimate of drug-likeness (QED) is 0.245. The van der Waals surface area contributed by atoms with Gasteiger partial charge in [-0.2, -0.15) is 0 Å². The van der Waals surface area contributed by atoms with Crippen LogP contribution in [0.15, 0.2) is 53.7 Å². The van der Waals surface area contributed by atoms with Crippen LogP contribution in [0.5, 0.6) is 0 Å². The molecule has 21 heavy (non-hydrogen) atoms. The Morgan fingerprint density at radius 2 is 1.76 bits per heavy atom. The van der Waals surface area contributed by atoms with Gasteiger partial charge in [0.05, 0.1) is 6.42 Å².